The van der Waals surface area contributed by atoms with Crippen LogP contribution in [0.15, 0.2) is 59.6 Å². The first-order valence-electron chi connectivity index (χ1n) is 15.8. The van der Waals surface area contributed by atoms with E-state index in [4.69, 9.17) is 0 Å². The van der Waals surface area contributed by atoms with Crippen LogP contribution in [0.2, 0.25) is 0 Å². The molecule has 1 aromatic carbocycles. The van der Waals surface area contributed by atoms with Crippen molar-refractivity contribution in [2.24, 2.45) is 11.8 Å². The van der Waals surface area contributed by atoms with Gasteiger partial charge in [0.05, 0.1) is 18.3 Å². The van der Waals surface area contributed by atoms with Gasteiger partial charge in [-0.2, -0.15) is 4.31 Å². The summed E-state index contributed by atoms with van der Waals surface area (Å²) in [5.41, 5.74) is 1.23. The molecule has 1 atom stereocenters. The number of carboxylic acids is 1. The molecule has 1 saturated heterocycles. The second kappa shape index (κ2) is 13.4. The molecule has 3 fully saturated rings. The van der Waals surface area contributed by atoms with Crippen LogP contribution in [-0.4, -0.2) is 60.4 Å². The number of pyridine rings is 1. The fourth-order valence-corrected chi connectivity index (χ4v) is 9.37. The molecule has 1 unspecified atom stereocenters. The summed E-state index contributed by atoms with van der Waals surface area (Å²) in [7, 11) is -4.01. The first kappa shape index (κ1) is 30.7. The van der Waals surface area contributed by atoms with E-state index in [1.54, 1.807) is 23.1 Å². The minimum Gasteiger partial charge on any atom is -0.477 e. The molecule has 3 heterocycles. The number of sulfonamides is 1. The number of hydrogen-bond donors (Lipinski definition) is 2. The molecular weight excluding hydrogens is 597 g/mol. The predicted molar refractivity (Wildman–Crippen MR) is 173 cm³/mol. The van der Waals surface area contributed by atoms with Crippen molar-refractivity contribution in [3.05, 3.63) is 59.6 Å². The smallest absolute Gasteiger partial charge is 0.348 e. The van der Waals surface area contributed by atoms with Gasteiger partial charge in [-0.15, -0.1) is 11.3 Å². The maximum absolute atomic E-state index is 14.0. The van der Waals surface area contributed by atoms with Crippen LogP contribution in [0.4, 0.5) is 11.5 Å². The molecule has 2 aromatic heterocycles. The van der Waals surface area contributed by atoms with Crippen molar-refractivity contribution in [1.82, 2.24) is 9.29 Å². The van der Waals surface area contributed by atoms with E-state index in [1.165, 1.54) is 42.6 Å². The molecule has 1 aliphatic heterocycles. The van der Waals surface area contributed by atoms with Gasteiger partial charge in [-0.05, 0) is 61.3 Å². The molecular formula is C33H40N4O5S2. The molecule has 0 bridgehead atoms. The molecule has 0 spiro atoms. The van der Waals surface area contributed by atoms with E-state index in [2.05, 4.69) is 10.3 Å². The summed E-state index contributed by atoms with van der Waals surface area (Å²) in [6, 6.07) is 14.1. The summed E-state index contributed by atoms with van der Waals surface area (Å²) in [4.78, 5) is 33.3. The van der Waals surface area contributed by atoms with E-state index in [0.717, 1.165) is 60.4 Å². The van der Waals surface area contributed by atoms with Gasteiger partial charge in [0, 0.05) is 24.2 Å². The first-order valence-corrected chi connectivity index (χ1v) is 18.0. The SMILES string of the molecule is O=C(O)c1sc(-c2ccccc2)cc1N1C(=O)CN(S(=O)(=O)c2ccc(NCC3CCCCC3)nc2)CC1C1CCCCC1. The van der Waals surface area contributed by atoms with Crippen LogP contribution in [0.5, 0.6) is 0 Å². The number of carbonyl (C=O) groups excluding carboxylic acids is 1. The minimum absolute atomic E-state index is 0.0532. The maximum atomic E-state index is 14.0. The third kappa shape index (κ3) is 6.55. The standard InChI is InChI=1S/C33H40N4O5S2/c38-31-22-36(44(41,42)26-16-17-30(35-20-26)34-19-23-10-4-1-5-11-23)21-28(24-12-6-2-7-13-24)37(31)27-18-29(43-32(27)33(39)40)25-14-8-3-9-15-25/h3,8-9,14-18,20,23-24,28H,1-2,4-7,10-13,19,21-22H2,(H,34,35)(H,39,40). The van der Waals surface area contributed by atoms with Crippen molar-refractivity contribution in [2.75, 3.05) is 29.9 Å². The molecule has 234 valence electrons. The molecule has 2 saturated carbocycles. The zero-order valence-corrected chi connectivity index (χ0v) is 26.5. The van der Waals surface area contributed by atoms with Gasteiger partial charge in [-0.1, -0.05) is 68.9 Å². The lowest BCUT2D eigenvalue weighted by Crippen LogP contribution is -2.60. The van der Waals surface area contributed by atoms with E-state index < -0.39 is 27.9 Å². The van der Waals surface area contributed by atoms with Crippen LogP contribution in [-0.2, 0) is 14.8 Å². The van der Waals surface area contributed by atoms with Crippen molar-refractivity contribution in [3.8, 4) is 10.4 Å². The summed E-state index contributed by atoms with van der Waals surface area (Å²) >= 11 is 1.14. The molecule has 6 rings (SSSR count). The molecule has 3 aliphatic rings. The van der Waals surface area contributed by atoms with E-state index in [-0.39, 0.29) is 28.8 Å². The number of carbonyl (C=O) groups is 2. The average Bonchev–Trinajstić information content (AvgIpc) is 3.50. The minimum atomic E-state index is -4.01. The Morgan fingerprint density at radius 1 is 0.977 bits per heavy atom. The number of aromatic nitrogens is 1. The molecule has 2 N–H and O–H groups in total. The normalized spacial score (nSPS) is 21.0. The largest absolute Gasteiger partial charge is 0.477 e. The molecule has 9 nitrogen and oxygen atoms in total. The van der Waals surface area contributed by atoms with Crippen molar-refractivity contribution >= 4 is 44.7 Å². The Morgan fingerprint density at radius 3 is 2.34 bits per heavy atom. The fourth-order valence-electron chi connectivity index (χ4n) is 7.03. The fraction of sp³-hybridized carbons (Fsp3) is 0.485. The quantitative estimate of drug-likeness (QED) is 0.276. The molecule has 3 aromatic rings. The third-order valence-electron chi connectivity index (χ3n) is 9.39. The summed E-state index contributed by atoms with van der Waals surface area (Å²) < 4.78 is 29.0. The van der Waals surface area contributed by atoms with Gasteiger partial charge in [0.25, 0.3) is 0 Å². The van der Waals surface area contributed by atoms with E-state index in [0.29, 0.717) is 17.4 Å². The highest BCUT2D eigenvalue weighted by Gasteiger charge is 2.44. The second-order valence-electron chi connectivity index (χ2n) is 12.3. The number of benzene rings is 1. The van der Waals surface area contributed by atoms with Crippen molar-refractivity contribution in [1.29, 1.82) is 0 Å². The number of piperazine rings is 1. The number of hydrogen-bond acceptors (Lipinski definition) is 7. The number of aromatic carboxylic acids is 1. The van der Waals surface area contributed by atoms with E-state index >= 15 is 0 Å². The number of nitrogens with one attached hydrogen (secondary N) is 1. The van der Waals surface area contributed by atoms with Crippen LogP contribution in [0, 0.1) is 11.8 Å². The van der Waals surface area contributed by atoms with Gasteiger partial charge in [0.1, 0.15) is 15.6 Å². The summed E-state index contributed by atoms with van der Waals surface area (Å²) in [6.07, 6.45) is 12.4. The first-order chi connectivity index (χ1) is 21.3. The number of thiophene rings is 1. The van der Waals surface area contributed by atoms with Crippen molar-refractivity contribution in [2.45, 2.75) is 75.1 Å². The summed E-state index contributed by atoms with van der Waals surface area (Å²) in [5, 5.41) is 13.5. The summed E-state index contributed by atoms with van der Waals surface area (Å²) in [5.74, 6) is -0.184. The Hall–Kier alpha value is -3.28. The lowest BCUT2D eigenvalue weighted by Gasteiger charge is -2.44. The van der Waals surface area contributed by atoms with Gasteiger partial charge in [-0.3, -0.25) is 4.79 Å². The van der Waals surface area contributed by atoms with Crippen LogP contribution in [0.3, 0.4) is 0 Å². The number of rotatable bonds is 9. The van der Waals surface area contributed by atoms with E-state index in [1.807, 2.05) is 30.3 Å². The number of carboxylic acid groups (broad SMARTS) is 1. The second-order valence-corrected chi connectivity index (χ2v) is 15.3. The van der Waals surface area contributed by atoms with Gasteiger partial charge in [0.2, 0.25) is 15.9 Å². The molecule has 44 heavy (non-hydrogen) atoms. The van der Waals surface area contributed by atoms with E-state index in [9.17, 15) is 23.1 Å². The number of amides is 1. The summed E-state index contributed by atoms with van der Waals surface area (Å²) in [6.45, 7) is 0.574. The zero-order chi connectivity index (χ0) is 30.7. The van der Waals surface area contributed by atoms with Crippen molar-refractivity contribution < 1.29 is 23.1 Å². The van der Waals surface area contributed by atoms with Gasteiger partial charge in [0.15, 0.2) is 0 Å². The number of nitrogens with zero attached hydrogens (tertiary/aromatic N) is 3. The highest BCUT2D eigenvalue weighted by Crippen LogP contribution is 2.42. The maximum Gasteiger partial charge on any atom is 0.348 e. The Bertz CT molecular complexity index is 1560. The highest BCUT2D eigenvalue weighted by molar-refractivity contribution is 7.89. The lowest BCUT2D eigenvalue weighted by atomic mass is 9.82. The predicted octanol–water partition coefficient (Wildman–Crippen LogP) is 6.49. The third-order valence-corrected chi connectivity index (χ3v) is 12.3. The van der Waals surface area contributed by atoms with Crippen LogP contribution in [0.1, 0.15) is 73.9 Å². The van der Waals surface area contributed by atoms with Gasteiger partial charge in [-0.25, -0.2) is 18.2 Å². The highest BCUT2D eigenvalue weighted by atomic mass is 32.2. The van der Waals surface area contributed by atoms with Crippen LogP contribution in [0.25, 0.3) is 10.4 Å². The lowest BCUT2D eigenvalue weighted by molar-refractivity contribution is -0.121. The van der Waals surface area contributed by atoms with Crippen molar-refractivity contribution in [3.63, 3.8) is 0 Å². The molecule has 1 amide bonds. The molecule has 0 radical (unpaired) electrons. The van der Waals surface area contributed by atoms with Gasteiger partial charge >= 0.3 is 5.97 Å². The Morgan fingerprint density at radius 2 is 1.68 bits per heavy atom. The number of anilines is 2. The Kier molecular flexibility index (Phi) is 9.34. The van der Waals surface area contributed by atoms with Crippen LogP contribution >= 0.6 is 11.3 Å². The Balaban J connectivity index is 1.26. The molecule has 11 heteroatoms. The monoisotopic (exact) mass is 636 g/mol. The Labute approximate surface area is 263 Å². The molecule has 2 aliphatic carbocycles. The average molecular weight is 637 g/mol. The van der Waals surface area contributed by atoms with Gasteiger partial charge < -0.3 is 15.3 Å². The van der Waals surface area contributed by atoms with Crippen LogP contribution < -0.4 is 10.2 Å². The topological polar surface area (TPSA) is 120 Å². The zero-order valence-electron chi connectivity index (χ0n) is 24.9.